The van der Waals surface area contributed by atoms with Gasteiger partial charge in [-0.05, 0) is 43.0 Å². The third kappa shape index (κ3) is 3.65. The summed E-state index contributed by atoms with van der Waals surface area (Å²) >= 11 is 0. The second-order valence-corrected chi connectivity index (χ2v) is 10.2. The highest BCUT2D eigenvalue weighted by Crippen LogP contribution is 2.42. The Kier molecular flexibility index (Phi) is 4.96. The lowest BCUT2D eigenvalue weighted by atomic mass is 9.72. The third-order valence-corrected chi connectivity index (χ3v) is 7.81. The van der Waals surface area contributed by atoms with E-state index in [0.29, 0.717) is 12.1 Å². The number of fused-ring (bicyclic) bond motifs is 3. The van der Waals surface area contributed by atoms with Crippen LogP contribution in [0.1, 0.15) is 18.4 Å². The monoisotopic (exact) mass is 463 g/mol. The summed E-state index contributed by atoms with van der Waals surface area (Å²) in [6.07, 6.45) is 6.21. The van der Waals surface area contributed by atoms with Gasteiger partial charge in [-0.15, -0.1) is 0 Å². The summed E-state index contributed by atoms with van der Waals surface area (Å²) in [7, 11) is 0. The van der Waals surface area contributed by atoms with Gasteiger partial charge in [0.2, 0.25) is 0 Å². The zero-order chi connectivity index (χ0) is 23.2. The molecule has 6 heteroatoms. The van der Waals surface area contributed by atoms with Gasteiger partial charge in [0.25, 0.3) is 0 Å². The van der Waals surface area contributed by atoms with Gasteiger partial charge in [0.15, 0.2) is 12.5 Å². The Hall–Kier alpha value is -3.48. The Morgan fingerprint density at radius 3 is 2.51 bits per heavy atom. The molecule has 7 rings (SSSR count). The second-order valence-electron chi connectivity index (χ2n) is 10.2. The van der Waals surface area contributed by atoms with Gasteiger partial charge in [0.1, 0.15) is 5.82 Å². The molecule has 0 saturated carbocycles. The molecule has 2 fully saturated rings. The number of nitrogens with zero attached hydrogens (tertiary/aromatic N) is 4. The summed E-state index contributed by atoms with van der Waals surface area (Å²) in [5.41, 5.74) is 7.26. The maximum atomic E-state index is 6.04. The van der Waals surface area contributed by atoms with Crippen LogP contribution >= 0.6 is 0 Å². The summed E-state index contributed by atoms with van der Waals surface area (Å²) in [5, 5.41) is 3.50. The average molecular weight is 464 g/mol. The molecule has 4 aromatic rings. The highest BCUT2D eigenvalue weighted by Gasteiger charge is 2.42. The Morgan fingerprint density at radius 2 is 1.71 bits per heavy atom. The fraction of sp³-hybridized carbons (Fsp3) is 0.310. The van der Waals surface area contributed by atoms with Gasteiger partial charge in [-0.2, -0.15) is 0 Å². The standard InChI is InChI=1S/C29H29N5O/c1-2-4-23(5-3-1)27-26(32-28-24-10-13-31-16-25(24)35-20-34(27)28)22-8-6-21(7-9-22)17-33-18-29(19-33)11-14-30-15-12-29/h1-10,13,16,30H,11-12,14-15,17-20H2. The minimum atomic E-state index is 0.426. The molecular weight excluding hydrogens is 434 g/mol. The molecule has 0 unspecified atom stereocenters. The van der Waals surface area contributed by atoms with Crippen molar-refractivity contribution in [2.75, 3.05) is 26.2 Å². The Labute approximate surface area is 205 Å². The van der Waals surface area contributed by atoms with Crippen LogP contribution in [0.2, 0.25) is 0 Å². The van der Waals surface area contributed by atoms with Crippen molar-refractivity contribution >= 4 is 0 Å². The van der Waals surface area contributed by atoms with Crippen molar-refractivity contribution in [2.45, 2.75) is 26.1 Å². The fourth-order valence-electron chi connectivity index (χ4n) is 6.00. The summed E-state index contributed by atoms with van der Waals surface area (Å²) in [5.74, 6) is 1.71. The van der Waals surface area contributed by atoms with Crippen LogP contribution in [0, 0.1) is 5.41 Å². The number of nitrogens with one attached hydrogen (secondary N) is 1. The number of likely N-dealkylation sites (tertiary alicyclic amines) is 1. The summed E-state index contributed by atoms with van der Waals surface area (Å²) < 4.78 is 8.22. The predicted molar refractivity (Wildman–Crippen MR) is 137 cm³/mol. The lowest BCUT2D eigenvalue weighted by Gasteiger charge is -2.52. The van der Waals surface area contributed by atoms with E-state index in [1.807, 2.05) is 12.1 Å². The molecule has 0 aliphatic carbocycles. The van der Waals surface area contributed by atoms with Crippen molar-refractivity contribution in [1.29, 1.82) is 0 Å². The SMILES string of the molecule is c1ccc(-c2c(-c3ccc(CN4CC5(CCNCC5)C4)cc3)nc3n2COc2cnccc2-3)cc1. The van der Waals surface area contributed by atoms with E-state index >= 15 is 0 Å². The van der Waals surface area contributed by atoms with Crippen LogP contribution in [0.15, 0.2) is 73.1 Å². The molecule has 0 radical (unpaired) electrons. The van der Waals surface area contributed by atoms with Crippen molar-refractivity contribution in [3.63, 3.8) is 0 Å². The van der Waals surface area contributed by atoms with Gasteiger partial charge in [0.05, 0.1) is 23.1 Å². The van der Waals surface area contributed by atoms with Gasteiger partial charge in [-0.3, -0.25) is 14.5 Å². The summed E-state index contributed by atoms with van der Waals surface area (Å²) in [4.78, 5) is 12.0. The van der Waals surface area contributed by atoms with E-state index in [1.165, 1.54) is 44.6 Å². The van der Waals surface area contributed by atoms with Crippen molar-refractivity contribution in [2.24, 2.45) is 5.41 Å². The molecule has 35 heavy (non-hydrogen) atoms. The Morgan fingerprint density at radius 1 is 0.914 bits per heavy atom. The van der Waals surface area contributed by atoms with E-state index < -0.39 is 0 Å². The van der Waals surface area contributed by atoms with Crippen LogP contribution in [-0.4, -0.2) is 45.6 Å². The molecule has 6 nitrogen and oxygen atoms in total. The number of ether oxygens (including phenoxy) is 1. The van der Waals surface area contributed by atoms with E-state index in [4.69, 9.17) is 9.72 Å². The zero-order valence-electron chi connectivity index (χ0n) is 19.8. The molecule has 5 heterocycles. The third-order valence-electron chi connectivity index (χ3n) is 7.81. The van der Waals surface area contributed by atoms with Gasteiger partial charge >= 0.3 is 0 Å². The van der Waals surface area contributed by atoms with E-state index in [2.05, 4.69) is 68.3 Å². The molecule has 0 bridgehead atoms. The normalized spacial score (nSPS) is 18.4. The Bertz CT molecular complexity index is 1350. The number of imidazole rings is 1. The number of rotatable bonds is 4. The van der Waals surface area contributed by atoms with Crippen LogP contribution in [0.25, 0.3) is 33.9 Å². The number of benzene rings is 2. The predicted octanol–water partition coefficient (Wildman–Crippen LogP) is 4.81. The highest BCUT2D eigenvalue weighted by atomic mass is 16.5. The van der Waals surface area contributed by atoms with Crippen molar-refractivity contribution in [3.8, 4) is 39.7 Å². The van der Waals surface area contributed by atoms with Crippen LogP contribution in [0.5, 0.6) is 5.75 Å². The molecule has 2 aromatic heterocycles. The first-order chi connectivity index (χ1) is 17.3. The molecule has 0 atom stereocenters. The maximum Gasteiger partial charge on any atom is 0.167 e. The molecule has 3 aliphatic rings. The van der Waals surface area contributed by atoms with Crippen molar-refractivity contribution < 1.29 is 4.74 Å². The quantitative estimate of drug-likeness (QED) is 0.471. The number of pyridine rings is 1. The topological polar surface area (TPSA) is 55.2 Å². The first-order valence-corrected chi connectivity index (χ1v) is 12.5. The lowest BCUT2D eigenvalue weighted by Crippen LogP contribution is -2.59. The second kappa shape index (κ2) is 8.33. The first-order valence-electron chi connectivity index (χ1n) is 12.5. The molecule has 176 valence electrons. The van der Waals surface area contributed by atoms with Crippen molar-refractivity contribution in [1.82, 2.24) is 24.8 Å². The first kappa shape index (κ1) is 20.9. The van der Waals surface area contributed by atoms with Gasteiger partial charge < -0.3 is 10.1 Å². The van der Waals surface area contributed by atoms with Crippen LogP contribution in [-0.2, 0) is 13.3 Å². The van der Waals surface area contributed by atoms with E-state index in [9.17, 15) is 0 Å². The van der Waals surface area contributed by atoms with Crippen molar-refractivity contribution in [3.05, 3.63) is 78.6 Å². The highest BCUT2D eigenvalue weighted by molar-refractivity contribution is 5.83. The molecule has 0 amide bonds. The molecule has 1 N–H and O–H groups in total. The number of hydrogen-bond acceptors (Lipinski definition) is 5. The molecular formula is C29H29N5O. The number of aromatic nitrogens is 3. The lowest BCUT2D eigenvalue weighted by molar-refractivity contribution is -0.0282. The Balaban J connectivity index is 1.20. The van der Waals surface area contributed by atoms with E-state index in [-0.39, 0.29) is 0 Å². The number of hydrogen-bond donors (Lipinski definition) is 1. The average Bonchev–Trinajstić information content (AvgIpc) is 3.29. The smallest absolute Gasteiger partial charge is 0.167 e. The number of piperidine rings is 1. The van der Waals surface area contributed by atoms with Crippen LogP contribution in [0.4, 0.5) is 0 Å². The largest absolute Gasteiger partial charge is 0.470 e. The molecule has 2 aromatic carbocycles. The molecule has 1 spiro atoms. The van der Waals surface area contributed by atoms with E-state index in [1.54, 1.807) is 12.4 Å². The zero-order valence-corrected chi connectivity index (χ0v) is 19.8. The minimum Gasteiger partial charge on any atom is -0.470 e. The van der Waals surface area contributed by atoms with Gasteiger partial charge in [0, 0.05) is 37.0 Å². The van der Waals surface area contributed by atoms with Crippen LogP contribution < -0.4 is 10.1 Å². The molecule has 2 saturated heterocycles. The fourth-order valence-corrected chi connectivity index (χ4v) is 6.00. The molecule has 3 aliphatic heterocycles. The maximum absolute atomic E-state index is 6.04. The van der Waals surface area contributed by atoms with E-state index in [0.717, 1.165) is 46.2 Å². The minimum absolute atomic E-state index is 0.426. The summed E-state index contributed by atoms with van der Waals surface area (Å²) in [6.45, 7) is 6.26. The summed E-state index contributed by atoms with van der Waals surface area (Å²) in [6, 6.07) is 21.5. The van der Waals surface area contributed by atoms with Gasteiger partial charge in [-0.25, -0.2) is 4.98 Å². The van der Waals surface area contributed by atoms with Crippen LogP contribution in [0.3, 0.4) is 0 Å². The van der Waals surface area contributed by atoms with Gasteiger partial charge in [-0.1, -0.05) is 54.6 Å².